The maximum Gasteiger partial charge on any atom is 0.446 e. The molecule has 3 N–H and O–H groups in total. The van der Waals surface area contributed by atoms with Gasteiger partial charge in [0.2, 0.25) is 0 Å². The molecule has 1 fully saturated rings. The van der Waals surface area contributed by atoms with Crippen LogP contribution in [0.4, 0.5) is 0 Å². The van der Waals surface area contributed by atoms with E-state index in [1.54, 1.807) is 12.1 Å². The second-order valence-corrected chi connectivity index (χ2v) is 5.86. The fourth-order valence-electron chi connectivity index (χ4n) is 2.24. The third-order valence-corrected chi connectivity index (χ3v) is 3.56. The summed E-state index contributed by atoms with van der Waals surface area (Å²) in [5.41, 5.74) is 1.41. The number of benzene rings is 2. The highest BCUT2D eigenvalue weighted by atomic mass is 32.3. The Hall–Kier alpha value is -2.29. The van der Waals surface area contributed by atoms with Gasteiger partial charge in [0.05, 0.1) is 0 Å². The Balaban J connectivity index is 1.74. The van der Waals surface area contributed by atoms with E-state index in [0.717, 1.165) is 5.56 Å². The van der Waals surface area contributed by atoms with Gasteiger partial charge in [-0.25, -0.2) is 0 Å². The molecule has 0 aromatic heterocycles. The lowest BCUT2D eigenvalue weighted by Crippen LogP contribution is -2.06. The van der Waals surface area contributed by atoms with Crippen molar-refractivity contribution in [3.63, 3.8) is 0 Å². The molecular weight excluding hydrogens is 312 g/mol. The molecule has 8 heteroatoms. The molecule has 7 nitrogen and oxygen atoms in total. The molecule has 0 amide bonds. The minimum absolute atomic E-state index is 0.0153. The lowest BCUT2D eigenvalue weighted by atomic mass is 10.0. The Morgan fingerprint density at radius 1 is 0.909 bits per heavy atom. The maximum absolute atomic E-state index is 10.6. The molecule has 2 aromatic carbocycles. The van der Waals surface area contributed by atoms with Crippen molar-refractivity contribution in [2.24, 2.45) is 0 Å². The first-order valence-corrected chi connectivity index (χ1v) is 7.63. The summed E-state index contributed by atoms with van der Waals surface area (Å²) in [7, 11) is -4.54. The zero-order chi connectivity index (χ0) is 15.9. The number of hydrogen-bond acceptors (Lipinski definition) is 6. The number of ether oxygens (including phenoxy) is 1. The number of epoxide rings is 1. The monoisotopic (exact) mass is 324 g/mol. The van der Waals surface area contributed by atoms with Crippen molar-refractivity contribution in [2.75, 3.05) is 0 Å². The molecule has 2 unspecified atom stereocenters. The van der Waals surface area contributed by atoms with Crippen molar-refractivity contribution in [1.29, 1.82) is 0 Å². The van der Waals surface area contributed by atoms with Gasteiger partial charge in [0.15, 0.2) is 0 Å². The van der Waals surface area contributed by atoms with Gasteiger partial charge < -0.3 is 19.1 Å². The lowest BCUT2D eigenvalue weighted by Gasteiger charge is -2.02. The van der Waals surface area contributed by atoms with E-state index in [2.05, 4.69) is 4.18 Å². The number of rotatable bonds is 4. The molecule has 1 heterocycles. The van der Waals surface area contributed by atoms with Crippen LogP contribution in [0, 0.1) is 0 Å². The van der Waals surface area contributed by atoms with Crippen molar-refractivity contribution in [3.05, 3.63) is 53.6 Å². The summed E-state index contributed by atoms with van der Waals surface area (Å²) in [4.78, 5) is 0. The Bertz CT molecular complexity index is 778. The molecule has 1 aliphatic rings. The number of phenols is 2. The topological polar surface area (TPSA) is 117 Å². The van der Waals surface area contributed by atoms with Crippen LogP contribution in [0.2, 0.25) is 0 Å². The molecule has 2 aromatic rings. The third kappa shape index (κ3) is 3.30. The van der Waals surface area contributed by atoms with Crippen molar-refractivity contribution >= 4 is 10.4 Å². The van der Waals surface area contributed by atoms with Crippen LogP contribution in [0.5, 0.6) is 17.2 Å². The predicted octanol–water partition coefficient (Wildman–Crippen LogP) is 2.09. The summed E-state index contributed by atoms with van der Waals surface area (Å²) in [5, 5.41) is 18.9. The van der Waals surface area contributed by atoms with E-state index in [4.69, 9.17) is 9.29 Å². The second kappa shape index (κ2) is 5.16. The predicted molar refractivity (Wildman–Crippen MR) is 75.0 cm³/mol. The van der Waals surface area contributed by atoms with E-state index in [1.165, 1.54) is 30.3 Å². The summed E-state index contributed by atoms with van der Waals surface area (Å²) in [5.74, 6) is -0.124. The molecular formula is C14H12O7S. The minimum atomic E-state index is -4.54. The van der Waals surface area contributed by atoms with Crippen LogP contribution in [0.3, 0.4) is 0 Å². The first-order valence-electron chi connectivity index (χ1n) is 6.27. The smallest absolute Gasteiger partial charge is 0.446 e. The molecule has 1 saturated heterocycles. The molecule has 0 radical (unpaired) electrons. The standard InChI is InChI=1S/C14H12O7S/c15-10-5-9(6-11(16)7-10)14-13(20-14)8-1-3-12(4-2-8)21-22(17,18)19/h1-7,13-16H,(H,17,18,19). The molecule has 22 heavy (non-hydrogen) atoms. The van der Waals surface area contributed by atoms with Gasteiger partial charge in [0.25, 0.3) is 0 Å². The molecule has 116 valence electrons. The number of phenolic OH excluding ortho intramolecular Hbond substituents is 2. The highest BCUT2D eigenvalue weighted by Crippen LogP contribution is 2.52. The Morgan fingerprint density at radius 3 is 2.00 bits per heavy atom. The van der Waals surface area contributed by atoms with Gasteiger partial charge in [-0.05, 0) is 35.4 Å². The largest absolute Gasteiger partial charge is 0.508 e. The van der Waals surface area contributed by atoms with Crippen LogP contribution in [0.25, 0.3) is 0 Å². The van der Waals surface area contributed by atoms with Crippen LogP contribution in [0.15, 0.2) is 42.5 Å². The summed E-state index contributed by atoms with van der Waals surface area (Å²) in [6, 6.07) is 10.2. The fourth-order valence-corrected chi connectivity index (χ4v) is 2.59. The highest BCUT2D eigenvalue weighted by Gasteiger charge is 2.41. The summed E-state index contributed by atoms with van der Waals surface area (Å²) < 4.78 is 39.6. The van der Waals surface area contributed by atoms with E-state index in [-0.39, 0.29) is 29.5 Å². The van der Waals surface area contributed by atoms with E-state index >= 15 is 0 Å². The van der Waals surface area contributed by atoms with Crippen LogP contribution in [0.1, 0.15) is 23.3 Å². The molecule has 0 bridgehead atoms. The highest BCUT2D eigenvalue weighted by molar-refractivity contribution is 7.81. The fraction of sp³-hybridized carbons (Fsp3) is 0.143. The van der Waals surface area contributed by atoms with Crippen LogP contribution < -0.4 is 4.18 Å². The average Bonchev–Trinajstić information content (AvgIpc) is 3.17. The zero-order valence-electron chi connectivity index (χ0n) is 11.1. The second-order valence-electron chi connectivity index (χ2n) is 4.84. The van der Waals surface area contributed by atoms with Gasteiger partial charge >= 0.3 is 10.4 Å². The molecule has 2 atom stereocenters. The average molecular weight is 324 g/mol. The van der Waals surface area contributed by atoms with Gasteiger partial charge in [0.1, 0.15) is 29.5 Å². The molecule has 0 aliphatic carbocycles. The number of aromatic hydroxyl groups is 2. The van der Waals surface area contributed by atoms with Crippen molar-refractivity contribution < 1.29 is 32.1 Å². The Morgan fingerprint density at radius 2 is 1.45 bits per heavy atom. The quantitative estimate of drug-likeness (QED) is 0.582. The van der Waals surface area contributed by atoms with Crippen molar-refractivity contribution in [1.82, 2.24) is 0 Å². The van der Waals surface area contributed by atoms with Crippen molar-refractivity contribution in [2.45, 2.75) is 12.2 Å². The summed E-state index contributed by atoms with van der Waals surface area (Å²) >= 11 is 0. The van der Waals surface area contributed by atoms with Gasteiger partial charge in [-0.1, -0.05) is 12.1 Å². The van der Waals surface area contributed by atoms with Gasteiger partial charge in [-0.15, -0.1) is 0 Å². The van der Waals surface area contributed by atoms with Crippen molar-refractivity contribution in [3.8, 4) is 17.2 Å². The molecule has 0 spiro atoms. The van der Waals surface area contributed by atoms with Crippen LogP contribution >= 0.6 is 0 Å². The first-order chi connectivity index (χ1) is 10.3. The van der Waals surface area contributed by atoms with Gasteiger partial charge in [-0.3, -0.25) is 4.55 Å². The SMILES string of the molecule is O=S(=O)(O)Oc1ccc(C2OC2c2cc(O)cc(O)c2)cc1. The van der Waals surface area contributed by atoms with Crippen LogP contribution in [-0.2, 0) is 15.1 Å². The molecule has 3 rings (SSSR count). The van der Waals surface area contributed by atoms with Gasteiger partial charge in [-0.2, -0.15) is 8.42 Å². The zero-order valence-corrected chi connectivity index (χ0v) is 11.9. The van der Waals surface area contributed by atoms with E-state index in [0.29, 0.717) is 5.56 Å². The van der Waals surface area contributed by atoms with E-state index in [1.807, 2.05) is 0 Å². The maximum atomic E-state index is 10.6. The van der Waals surface area contributed by atoms with Crippen LogP contribution in [-0.4, -0.2) is 23.2 Å². The molecule has 0 saturated carbocycles. The minimum Gasteiger partial charge on any atom is -0.508 e. The first kappa shape index (κ1) is 14.6. The van der Waals surface area contributed by atoms with E-state index in [9.17, 15) is 18.6 Å². The summed E-state index contributed by atoms with van der Waals surface area (Å²) in [6.07, 6.45) is -0.563. The Labute approximate surface area is 126 Å². The number of hydrogen-bond donors (Lipinski definition) is 3. The van der Waals surface area contributed by atoms with Gasteiger partial charge in [0, 0.05) is 6.07 Å². The third-order valence-electron chi connectivity index (χ3n) is 3.16. The Kier molecular flexibility index (Phi) is 3.44. The summed E-state index contributed by atoms with van der Waals surface area (Å²) in [6.45, 7) is 0. The normalized spacial score (nSPS) is 20.6. The lowest BCUT2D eigenvalue weighted by molar-refractivity contribution is 0.375. The van der Waals surface area contributed by atoms with E-state index < -0.39 is 10.4 Å². The molecule has 1 aliphatic heterocycles.